The van der Waals surface area contributed by atoms with Crippen molar-refractivity contribution in [2.45, 2.75) is 38.0 Å². The summed E-state index contributed by atoms with van der Waals surface area (Å²) in [6.45, 7) is 7.82. The number of hydrogen-bond donors (Lipinski definition) is 2. The maximum Gasteiger partial charge on any atom is 0.259 e. The number of nitrogens with one attached hydrogen (secondary N) is 1. The van der Waals surface area contributed by atoms with Crippen LogP contribution in [0.25, 0.3) is 0 Å². The molecule has 3 rings (SSSR count). The number of nitrogens with two attached hydrogens (primary N) is 1. The summed E-state index contributed by atoms with van der Waals surface area (Å²) in [6, 6.07) is 15.1. The third-order valence-corrected chi connectivity index (χ3v) is 5.78. The van der Waals surface area contributed by atoms with Gasteiger partial charge in [-0.25, -0.2) is 17.9 Å². The molecule has 3 aromatic carbocycles. The number of benzene rings is 3. The summed E-state index contributed by atoms with van der Waals surface area (Å²) in [6.07, 6.45) is 0. The van der Waals surface area contributed by atoms with Crippen molar-refractivity contribution in [3.8, 4) is 11.5 Å². The lowest BCUT2D eigenvalue weighted by Crippen LogP contribution is -2.17. The number of amides is 1. The minimum atomic E-state index is -3.91. The third-order valence-electron chi connectivity index (χ3n) is 4.87. The van der Waals surface area contributed by atoms with Gasteiger partial charge in [0.05, 0.1) is 10.5 Å². The molecular formula is C24H25FN2O4S. The minimum absolute atomic E-state index is 0.114. The van der Waals surface area contributed by atoms with Crippen molar-refractivity contribution in [3.63, 3.8) is 0 Å². The summed E-state index contributed by atoms with van der Waals surface area (Å²) in [5, 5.41) is 7.85. The molecule has 0 aliphatic carbocycles. The zero-order valence-electron chi connectivity index (χ0n) is 18.3. The first-order valence-electron chi connectivity index (χ1n) is 9.87. The third kappa shape index (κ3) is 5.52. The van der Waals surface area contributed by atoms with Crippen LogP contribution in [0.2, 0.25) is 0 Å². The summed E-state index contributed by atoms with van der Waals surface area (Å²) in [5.74, 6) is -0.159. The summed E-state index contributed by atoms with van der Waals surface area (Å²) >= 11 is 0. The Kier molecular flexibility index (Phi) is 6.39. The number of carbonyl (C=O) groups is 1. The Labute approximate surface area is 187 Å². The van der Waals surface area contributed by atoms with Gasteiger partial charge in [-0.2, -0.15) is 0 Å². The van der Waals surface area contributed by atoms with E-state index in [0.717, 1.165) is 5.56 Å². The second-order valence-corrected chi connectivity index (χ2v) is 10.1. The second-order valence-electron chi connectivity index (χ2n) is 8.50. The normalized spacial score (nSPS) is 11.8. The van der Waals surface area contributed by atoms with Crippen LogP contribution in [0.15, 0.2) is 65.6 Å². The number of hydrogen-bond acceptors (Lipinski definition) is 4. The first kappa shape index (κ1) is 23.4. The molecule has 0 atom stereocenters. The second kappa shape index (κ2) is 8.72. The average Bonchev–Trinajstić information content (AvgIpc) is 2.69. The Hall–Kier alpha value is -3.23. The molecule has 6 nitrogen and oxygen atoms in total. The van der Waals surface area contributed by atoms with Crippen molar-refractivity contribution in [3.05, 3.63) is 83.2 Å². The quantitative estimate of drug-likeness (QED) is 0.556. The van der Waals surface area contributed by atoms with Crippen LogP contribution in [0.5, 0.6) is 11.5 Å². The number of rotatable bonds is 5. The fourth-order valence-electron chi connectivity index (χ4n) is 3.06. The molecule has 168 valence electrons. The van der Waals surface area contributed by atoms with E-state index in [0.29, 0.717) is 17.1 Å². The SMILES string of the molecule is Cc1cc(F)ccc1Oc1cc(C(C)(C)C)ccc1C(=O)Nc1cccc(S(N)(=O)=O)c1. The highest BCUT2D eigenvalue weighted by molar-refractivity contribution is 7.89. The van der Waals surface area contributed by atoms with Crippen LogP contribution in [-0.2, 0) is 15.4 Å². The molecule has 0 spiro atoms. The molecule has 8 heteroatoms. The van der Waals surface area contributed by atoms with Gasteiger partial charge in [-0.3, -0.25) is 4.79 Å². The Morgan fingerprint density at radius 3 is 2.34 bits per heavy atom. The highest BCUT2D eigenvalue weighted by Gasteiger charge is 2.21. The van der Waals surface area contributed by atoms with Crippen molar-refractivity contribution in [2.75, 3.05) is 5.32 Å². The predicted molar refractivity (Wildman–Crippen MR) is 122 cm³/mol. The van der Waals surface area contributed by atoms with Gasteiger partial charge in [-0.05, 0) is 72.0 Å². The molecule has 0 saturated carbocycles. The van der Waals surface area contributed by atoms with E-state index in [1.165, 1.54) is 36.4 Å². The van der Waals surface area contributed by atoms with Crippen LogP contribution in [0, 0.1) is 12.7 Å². The van der Waals surface area contributed by atoms with Crippen LogP contribution in [0.4, 0.5) is 10.1 Å². The summed E-state index contributed by atoms with van der Waals surface area (Å²) < 4.78 is 42.7. The molecular weight excluding hydrogens is 431 g/mol. The van der Waals surface area contributed by atoms with Crippen LogP contribution in [-0.4, -0.2) is 14.3 Å². The molecule has 0 aliphatic heterocycles. The van der Waals surface area contributed by atoms with E-state index in [-0.39, 0.29) is 27.4 Å². The van der Waals surface area contributed by atoms with Crippen molar-refractivity contribution < 1.29 is 22.3 Å². The van der Waals surface area contributed by atoms with E-state index in [4.69, 9.17) is 9.88 Å². The lowest BCUT2D eigenvalue weighted by atomic mass is 9.86. The van der Waals surface area contributed by atoms with Gasteiger partial charge in [0.25, 0.3) is 5.91 Å². The average molecular weight is 457 g/mol. The van der Waals surface area contributed by atoms with E-state index < -0.39 is 15.9 Å². The molecule has 0 aromatic heterocycles. The molecule has 0 saturated heterocycles. The fourth-order valence-corrected chi connectivity index (χ4v) is 3.62. The molecule has 0 aliphatic rings. The Bertz CT molecular complexity index is 1280. The van der Waals surface area contributed by atoms with E-state index in [2.05, 4.69) is 5.32 Å². The summed E-state index contributed by atoms with van der Waals surface area (Å²) in [7, 11) is -3.91. The summed E-state index contributed by atoms with van der Waals surface area (Å²) in [4.78, 5) is 12.9. The highest BCUT2D eigenvalue weighted by atomic mass is 32.2. The number of aryl methyl sites for hydroxylation is 1. The lowest BCUT2D eigenvalue weighted by Gasteiger charge is -2.21. The molecule has 0 radical (unpaired) electrons. The van der Waals surface area contributed by atoms with E-state index in [1.54, 1.807) is 25.1 Å². The predicted octanol–water partition coefficient (Wildman–Crippen LogP) is 5.12. The van der Waals surface area contributed by atoms with Gasteiger partial charge >= 0.3 is 0 Å². The summed E-state index contributed by atoms with van der Waals surface area (Å²) in [5.41, 5.74) is 1.83. The number of sulfonamides is 1. The molecule has 0 heterocycles. The number of carbonyl (C=O) groups excluding carboxylic acids is 1. The van der Waals surface area contributed by atoms with Crippen molar-refractivity contribution in [2.24, 2.45) is 5.14 Å². The van der Waals surface area contributed by atoms with Gasteiger partial charge in [0.2, 0.25) is 10.0 Å². The Morgan fingerprint density at radius 1 is 1.00 bits per heavy atom. The number of anilines is 1. The number of halogens is 1. The monoisotopic (exact) mass is 456 g/mol. The standard InChI is InChI=1S/C24H25FN2O4S/c1-15-12-17(25)9-11-21(15)31-22-13-16(24(2,3)4)8-10-20(22)23(28)27-18-6-5-7-19(14-18)32(26,29)30/h5-14H,1-4H3,(H,27,28)(H2,26,29,30). The first-order valence-corrected chi connectivity index (χ1v) is 11.4. The molecule has 3 N–H and O–H groups in total. The lowest BCUT2D eigenvalue weighted by molar-refractivity contribution is 0.102. The van der Waals surface area contributed by atoms with E-state index in [1.807, 2.05) is 26.8 Å². The molecule has 0 bridgehead atoms. The van der Waals surface area contributed by atoms with Gasteiger partial charge in [-0.15, -0.1) is 0 Å². The topological polar surface area (TPSA) is 98.5 Å². The zero-order valence-corrected chi connectivity index (χ0v) is 19.1. The largest absolute Gasteiger partial charge is 0.456 e. The van der Waals surface area contributed by atoms with E-state index >= 15 is 0 Å². The molecule has 0 fully saturated rings. The molecule has 32 heavy (non-hydrogen) atoms. The zero-order chi connectivity index (χ0) is 23.7. The minimum Gasteiger partial charge on any atom is -0.456 e. The van der Waals surface area contributed by atoms with Gasteiger partial charge in [0, 0.05) is 5.69 Å². The number of ether oxygens (including phenoxy) is 1. The van der Waals surface area contributed by atoms with Crippen LogP contribution < -0.4 is 15.2 Å². The van der Waals surface area contributed by atoms with Crippen molar-refractivity contribution >= 4 is 21.6 Å². The maximum atomic E-state index is 13.5. The Morgan fingerprint density at radius 2 is 1.72 bits per heavy atom. The first-order chi connectivity index (χ1) is 14.8. The molecule has 0 unspecified atom stereocenters. The fraction of sp³-hybridized carbons (Fsp3) is 0.208. The highest BCUT2D eigenvalue weighted by Crippen LogP contribution is 2.33. The van der Waals surface area contributed by atoms with E-state index in [9.17, 15) is 17.6 Å². The van der Waals surface area contributed by atoms with Crippen LogP contribution >= 0.6 is 0 Å². The van der Waals surface area contributed by atoms with Crippen molar-refractivity contribution in [1.29, 1.82) is 0 Å². The number of primary sulfonamides is 1. The van der Waals surface area contributed by atoms with Gasteiger partial charge in [0.15, 0.2) is 0 Å². The van der Waals surface area contributed by atoms with Crippen LogP contribution in [0.1, 0.15) is 42.3 Å². The molecule has 3 aromatic rings. The van der Waals surface area contributed by atoms with Gasteiger partial charge in [-0.1, -0.05) is 32.9 Å². The van der Waals surface area contributed by atoms with Gasteiger partial charge < -0.3 is 10.1 Å². The van der Waals surface area contributed by atoms with Crippen LogP contribution in [0.3, 0.4) is 0 Å². The molecule has 1 amide bonds. The maximum absolute atomic E-state index is 13.5. The smallest absolute Gasteiger partial charge is 0.259 e. The van der Waals surface area contributed by atoms with Gasteiger partial charge in [0.1, 0.15) is 17.3 Å². The van der Waals surface area contributed by atoms with Crippen molar-refractivity contribution in [1.82, 2.24) is 0 Å². The Balaban J connectivity index is 2.00.